The summed E-state index contributed by atoms with van der Waals surface area (Å²) in [6, 6.07) is 0. The van der Waals surface area contributed by atoms with Gasteiger partial charge in [-0.2, -0.15) is 87.8 Å². The third-order valence-electron chi connectivity index (χ3n) is 4.71. The van der Waals surface area contributed by atoms with Crippen molar-refractivity contribution in [1.29, 1.82) is 0 Å². The van der Waals surface area contributed by atoms with E-state index < -0.39 is 83.9 Å². The van der Waals surface area contributed by atoms with E-state index in [1.54, 1.807) is 0 Å². The molecule has 0 radical (unpaired) electrons. The average molecular weight is 618 g/mol. The highest BCUT2D eigenvalue weighted by atomic mass is 19.4. The Labute approximate surface area is 194 Å². The van der Waals surface area contributed by atoms with E-state index in [4.69, 9.17) is 5.11 Å². The zero-order valence-corrected chi connectivity index (χ0v) is 17.1. The molecule has 1 atom stereocenters. The first-order chi connectivity index (χ1) is 16.0. The third-order valence-corrected chi connectivity index (χ3v) is 4.71. The average Bonchev–Trinajstić information content (AvgIpc) is 2.71. The lowest BCUT2D eigenvalue weighted by atomic mass is 9.84. The molecule has 1 unspecified atom stereocenters. The van der Waals surface area contributed by atoms with Gasteiger partial charge in [-0.3, -0.25) is 0 Å². The van der Waals surface area contributed by atoms with Gasteiger partial charge in [0, 0.05) is 0 Å². The summed E-state index contributed by atoms with van der Waals surface area (Å²) >= 11 is 0. The van der Waals surface area contributed by atoms with Crippen LogP contribution in [0.3, 0.4) is 0 Å². The Kier molecular flexibility index (Phi) is 8.35. The second-order valence-electron chi connectivity index (χ2n) is 7.19. The van der Waals surface area contributed by atoms with Crippen LogP contribution in [0.2, 0.25) is 0 Å². The van der Waals surface area contributed by atoms with Gasteiger partial charge < -0.3 is 5.11 Å². The number of hydrogen-bond acceptors (Lipinski definition) is 1. The Balaban J connectivity index is 7.24. The van der Waals surface area contributed by atoms with Gasteiger partial charge in [0.25, 0.3) is 0 Å². The lowest BCUT2D eigenvalue weighted by Gasteiger charge is -2.45. The van der Waals surface area contributed by atoms with Crippen LogP contribution in [0.25, 0.3) is 0 Å². The molecule has 1 N–H and O–H groups in total. The quantitative estimate of drug-likeness (QED) is 0.184. The summed E-state index contributed by atoms with van der Waals surface area (Å²) in [6.45, 7) is 0.664. The van der Waals surface area contributed by atoms with Gasteiger partial charge in [-0.1, -0.05) is 6.58 Å². The lowest BCUT2D eigenvalue weighted by molar-refractivity contribution is -0.468. The standard InChI is InChI=1S/C15H7F21O2/c1-3(5(37)38)6(17,18)8(21,22)10(25,26)12(29,30)14(33,34)15(35,36)13(31,32)11(27,28)9(23,24)7(19,20)4(2)16/h4H,1H2,2H3,(H,37,38). The van der Waals surface area contributed by atoms with Gasteiger partial charge in [0.2, 0.25) is 0 Å². The van der Waals surface area contributed by atoms with Crippen molar-refractivity contribution in [2.75, 3.05) is 0 Å². The van der Waals surface area contributed by atoms with E-state index in [0.29, 0.717) is 0 Å². The first-order valence-corrected chi connectivity index (χ1v) is 8.40. The zero-order valence-electron chi connectivity index (χ0n) is 17.1. The second-order valence-corrected chi connectivity index (χ2v) is 7.19. The molecule has 0 aliphatic carbocycles. The van der Waals surface area contributed by atoms with Crippen molar-refractivity contribution in [3.05, 3.63) is 12.2 Å². The largest absolute Gasteiger partial charge is 0.478 e. The van der Waals surface area contributed by atoms with E-state index in [-0.39, 0.29) is 0 Å². The molecule has 0 saturated heterocycles. The minimum absolute atomic E-state index is 0.823. The Morgan fingerprint density at radius 1 is 0.526 bits per heavy atom. The molecule has 0 fully saturated rings. The maximum absolute atomic E-state index is 13.6. The third kappa shape index (κ3) is 4.03. The monoisotopic (exact) mass is 618 g/mol. The highest BCUT2D eigenvalue weighted by Gasteiger charge is 2.97. The molecule has 23 heteroatoms. The molecular formula is C15H7F21O2. The number of carboxylic acid groups (broad SMARTS) is 1. The molecule has 2 nitrogen and oxygen atoms in total. The summed E-state index contributed by atoms with van der Waals surface area (Å²) < 4.78 is 281. The molecule has 0 rings (SSSR count). The number of carbonyl (C=O) groups is 1. The Morgan fingerprint density at radius 2 is 0.737 bits per heavy atom. The molecule has 0 aliphatic heterocycles. The summed E-state index contributed by atoms with van der Waals surface area (Å²) in [5.74, 6) is -89.0. The summed E-state index contributed by atoms with van der Waals surface area (Å²) in [5, 5.41) is 8.06. The molecule has 0 aromatic heterocycles. The second kappa shape index (κ2) is 8.88. The van der Waals surface area contributed by atoms with Crippen molar-refractivity contribution in [3.8, 4) is 0 Å². The van der Waals surface area contributed by atoms with Crippen molar-refractivity contribution in [2.24, 2.45) is 0 Å². The van der Waals surface area contributed by atoms with Crippen LogP contribution in [0.4, 0.5) is 92.2 Å². The molecule has 0 aromatic rings. The van der Waals surface area contributed by atoms with E-state index in [0.717, 1.165) is 0 Å². The molecule has 0 amide bonds. The van der Waals surface area contributed by atoms with E-state index in [1.807, 2.05) is 0 Å². The molecule has 226 valence electrons. The fourth-order valence-corrected chi connectivity index (χ4v) is 2.16. The highest BCUT2D eigenvalue weighted by molar-refractivity contribution is 5.88. The normalized spacial score (nSPS) is 16.9. The van der Waals surface area contributed by atoms with Crippen LogP contribution >= 0.6 is 0 Å². The maximum atomic E-state index is 13.6. The Morgan fingerprint density at radius 3 is 0.947 bits per heavy atom. The van der Waals surface area contributed by atoms with Crippen molar-refractivity contribution < 1.29 is 102 Å². The van der Waals surface area contributed by atoms with Crippen molar-refractivity contribution in [2.45, 2.75) is 72.3 Å². The predicted octanol–water partition coefficient (Wildman–Crippen LogP) is 7.34. The number of aliphatic carboxylic acids is 1. The predicted molar refractivity (Wildman–Crippen MR) is 76.8 cm³/mol. The summed E-state index contributed by atoms with van der Waals surface area (Å²) in [4.78, 5) is 10.2. The minimum atomic E-state index is -9.26. The molecule has 0 saturated carbocycles. The van der Waals surface area contributed by atoms with Gasteiger partial charge in [0.15, 0.2) is 6.17 Å². The Hall–Kier alpha value is -2.26. The number of rotatable bonds is 12. The highest BCUT2D eigenvalue weighted by Crippen LogP contribution is 2.66. The van der Waals surface area contributed by atoms with Crippen LogP contribution in [0, 0.1) is 0 Å². The van der Waals surface area contributed by atoms with E-state index >= 15 is 0 Å². The van der Waals surface area contributed by atoms with Gasteiger partial charge in [0.05, 0.1) is 0 Å². The van der Waals surface area contributed by atoms with Gasteiger partial charge in [-0.05, 0) is 6.92 Å². The molecule has 38 heavy (non-hydrogen) atoms. The van der Waals surface area contributed by atoms with E-state index in [2.05, 4.69) is 0 Å². The van der Waals surface area contributed by atoms with Crippen LogP contribution in [0.15, 0.2) is 12.2 Å². The molecular weight excluding hydrogens is 611 g/mol. The molecule has 0 bridgehead atoms. The fraction of sp³-hybridized carbons (Fsp3) is 0.800. The molecule has 0 aromatic carbocycles. The number of hydrogen-bond donors (Lipinski definition) is 1. The van der Waals surface area contributed by atoms with Crippen LogP contribution in [-0.4, -0.2) is 76.5 Å². The lowest BCUT2D eigenvalue weighted by Crippen LogP contribution is -2.77. The number of alkyl halides is 21. The van der Waals surface area contributed by atoms with Crippen LogP contribution in [0.1, 0.15) is 6.92 Å². The molecule has 0 spiro atoms. The van der Waals surface area contributed by atoms with Crippen LogP contribution in [0.5, 0.6) is 0 Å². The van der Waals surface area contributed by atoms with Crippen molar-refractivity contribution >= 4 is 5.97 Å². The summed E-state index contributed by atoms with van der Waals surface area (Å²) in [7, 11) is 0. The fourth-order valence-electron chi connectivity index (χ4n) is 2.16. The first-order valence-electron chi connectivity index (χ1n) is 8.40. The molecule has 0 heterocycles. The van der Waals surface area contributed by atoms with E-state index in [1.165, 1.54) is 6.58 Å². The zero-order chi connectivity index (χ0) is 31.7. The topological polar surface area (TPSA) is 37.3 Å². The smallest absolute Gasteiger partial charge is 0.385 e. The van der Waals surface area contributed by atoms with Gasteiger partial charge >= 0.3 is 65.2 Å². The first kappa shape index (κ1) is 35.7. The van der Waals surface area contributed by atoms with Crippen LogP contribution in [-0.2, 0) is 4.79 Å². The van der Waals surface area contributed by atoms with Gasteiger partial charge in [0.1, 0.15) is 5.57 Å². The number of halogens is 21. The SMILES string of the molecule is C=C(C(=O)O)C(F)(F)C(F)(F)C(F)(F)C(F)(F)C(F)(F)C(F)(F)C(F)(F)C(F)(F)C(F)(F)C(F)(F)C(C)F. The van der Waals surface area contributed by atoms with E-state index in [9.17, 15) is 97.0 Å². The minimum Gasteiger partial charge on any atom is -0.478 e. The van der Waals surface area contributed by atoms with Gasteiger partial charge in [-0.15, -0.1) is 0 Å². The van der Waals surface area contributed by atoms with Crippen molar-refractivity contribution in [3.63, 3.8) is 0 Å². The number of carboxylic acids is 1. The molecule has 0 aliphatic rings. The summed E-state index contributed by atoms with van der Waals surface area (Å²) in [5.41, 5.74) is -3.54. The van der Waals surface area contributed by atoms with Gasteiger partial charge in [-0.25, -0.2) is 9.18 Å². The van der Waals surface area contributed by atoms with Crippen molar-refractivity contribution in [1.82, 2.24) is 0 Å². The maximum Gasteiger partial charge on any atom is 0.385 e. The summed E-state index contributed by atoms with van der Waals surface area (Å²) in [6.07, 6.45) is -4.72. The van der Waals surface area contributed by atoms with Crippen LogP contribution < -0.4 is 0 Å². The Bertz CT molecular complexity index is 931.